The van der Waals surface area contributed by atoms with Crippen molar-refractivity contribution in [3.05, 3.63) is 46.4 Å². The molecule has 2 aromatic rings. The molecule has 2 bridgehead atoms. The number of piperidine rings is 1. The van der Waals surface area contributed by atoms with E-state index in [9.17, 15) is 9.59 Å². The maximum atomic E-state index is 14.0. The SMILES string of the molecule is CC(=O)N1CCC2CCCC(CN(C(=O)CN3CCN(C(C)C)CC3)Cc3ccccc31)N2Cc1nccs1. The zero-order valence-corrected chi connectivity index (χ0v) is 24.6. The van der Waals surface area contributed by atoms with Crippen LogP contribution in [0.4, 0.5) is 5.69 Å². The van der Waals surface area contributed by atoms with Gasteiger partial charge >= 0.3 is 0 Å². The monoisotopic (exact) mass is 552 g/mol. The Labute approximate surface area is 237 Å². The Morgan fingerprint density at radius 2 is 1.79 bits per heavy atom. The van der Waals surface area contributed by atoms with Crippen molar-refractivity contribution in [2.45, 2.75) is 77.7 Å². The topological polar surface area (TPSA) is 63.2 Å². The lowest BCUT2D eigenvalue weighted by Crippen LogP contribution is -2.54. The van der Waals surface area contributed by atoms with Crippen molar-refractivity contribution >= 4 is 28.8 Å². The summed E-state index contributed by atoms with van der Waals surface area (Å²) in [4.78, 5) is 42.9. The summed E-state index contributed by atoms with van der Waals surface area (Å²) >= 11 is 1.70. The van der Waals surface area contributed by atoms with Crippen molar-refractivity contribution in [1.82, 2.24) is 24.6 Å². The molecule has 4 heterocycles. The molecule has 3 aliphatic rings. The fraction of sp³-hybridized carbons (Fsp3) is 0.633. The number of hydrogen-bond donors (Lipinski definition) is 0. The third kappa shape index (κ3) is 6.88. The molecule has 3 aliphatic heterocycles. The number of piperazine rings is 1. The Kier molecular flexibility index (Phi) is 9.32. The van der Waals surface area contributed by atoms with Gasteiger partial charge in [-0.25, -0.2) is 4.98 Å². The number of anilines is 1. The van der Waals surface area contributed by atoms with E-state index in [0.29, 0.717) is 38.3 Å². The predicted molar refractivity (Wildman–Crippen MR) is 157 cm³/mol. The molecule has 0 aliphatic carbocycles. The molecular formula is C30H44N6O2S. The highest BCUT2D eigenvalue weighted by molar-refractivity contribution is 7.09. The van der Waals surface area contributed by atoms with Crippen LogP contribution in [0.5, 0.6) is 0 Å². The van der Waals surface area contributed by atoms with Crippen molar-refractivity contribution in [1.29, 1.82) is 0 Å². The van der Waals surface area contributed by atoms with Gasteiger partial charge in [0.2, 0.25) is 11.8 Å². The van der Waals surface area contributed by atoms with E-state index in [1.165, 1.54) is 0 Å². The van der Waals surface area contributed by atoms with E-state index in [4.69, 9.17) is 0 Å². The fourth-order valence-corrected chi connectivity index (χ4v) is 7.17. The first-order valence-corrected chi connectivity index (χ1v) is 15.5. The molecule has 0 spiro atoms. The summed E-state index contributed by atoms with van der Waals surface area (Å²) in [6.07, 6.45) is 6.14. The van der Waals surface area contributed by atoms with Gasteiger partial charge in [0.25, 0.3) is 0 Å². The fourth-order valence-electron chi connectivity index (χ4n) is 6.55. The number of carbonyl (C=O) groups excluding carboxylic acids is 2. The first kappa shape index (κ1) is 28.2. The number of benzene rings is 1. The van der Waals surface area contributed by atoms with Crippen LogP contribution in [0.1, 0.15) is 57.0 Å². The van der Waals surface area contributed by atoms with E-state index in [2.05, 4.69) is 44.5 Å². The molecule has 212 valence electrons. The molecule has 39 heavy (non-hydrogen) atoms. The summed E-state index contributed by atoms with van der Waals surface area (Å²) in [6.45, 7) is 13.2. The number of fused-ring (bicyclic) bond motifs is 3. The van der Waals surface area contributed by atoms with Crippen LogP contribution in [0.2, 0.25) is 0 Å². The second-order valence-corrected chi connectivity index (χ2v) is 12.6. The number of amides is 2. The van der Waals surface area contributed by atoms with Crippen LogP contribution in [0.3, 0.4) is 0 Å². The minimum absolute atomic E-state index is 0.0569. The van der Waals surface area contributed by atoms with Gasteiger partial charge in [-0.3, -0.25) is 24.3 Å². The summed E-state index contributed by atoms with van der Waals surface area (Å²) in [5.41, 5.74) is 1.99. The van der Waals surface area contributed by atoms with E-state index < -0.39 is 0 Å². The highest BCUT2D eigenvalue weighted by Crippen LogP contribution is 2.32. The Morgan fingerprint density at radius 1 is 1.03 bits per heavy atom. The first-order valence-electron chi connectivity index (χ1n) is 14.6. The summed E-state index contributed by atoms with van der Waals surface area (Å²) in [5.74, 6) is 0.245. The summed E-state index contributed by atoms with van der Waals surface area (Å²) in [5, 5.41) is 3.16. The minimum atomic E-state index is 0.0569. The van der Waals surface area contributed by atoms with Gasteiger partial charge in [-0.1, -0.05) is 24.6 Å². The van der Waals surface area contributed by atoms with Crippen LogP contribution < -0.4 is 4.90 Å². The van der Waals surface area contributed by atoms with Crippen molar-refractivity contribution in [2.24, 2.45) is 0 Å². The highest BCUT2D eigenvalue weighted by Gasteiger charge is 2.35. The van der Waals surface area contributed by atoms with Gasteiger partial charge in [0.15, 0.2) is 0 Å². The van der Waals surface area contributed by atoms with Crippen molar-refractivity contribution in [2.75, 3.05) is 50.7 Å². The summed E-state index contributed by atoms with van der Waals surface area (Å²) in [7, 11) is 0. The van der Waals surface area contributed by atoms with Gasteiger partial charge in [0.1, 0.15) is 5.01 Å². The van der Waals surface area contributed by atoms with Crippen molar-refractivity contribution < 1.29 is 9.59 Å². The van der Waals surface area contributed by atoms with Gasteiger partial charge in [0, 0.05) is 88.1 Å². The smallest absolute Gasteiger partial charge is 0.237 e. The molecule has 2 saturated heterocycles. The van der Waals surface area contributed by atoms with Crippen LogP contribution >= 0.6 is 11.3 Å². The van der Waals surface area contributed by atoms with Gasteiger partial charge in [-0.15, -0.1) is 11.3 Å². The van der Waals surface area contributed by atoms with Crippen LogP contribution in [-0.2, 0) is 22.7 Å². The maximum Gasteiger partial charge on any atom is 0.237 e. The van der Waals surface area contributed by atoms with E-state index in [1.54, 1.807) is 18.3 Å². The number of aromatic nitrogens is 1. The third-order valence-corrected chi connectivity index (χ3v) is 9.57. The number of nitrogens with zero attached hydrogens (tertiary/aromatic N) is 6. The van der Waals surface area contributed by atoms with E-state index in [1.807, 2.05) is 34.7 Å². The van der Waals surface area contributed by atoms with Gasteiger partial charge in [-0.05, 0) is 44.7 Å². The number of carbonyl (C=O) groups is 2. The molecule has 1 aromatic heterocycles. The molecule has 5 rings (SSSR count). The second-order valence-electron chi connectivity index (χ2n) is 11.6. The Bertz CT molecular complexity index is 1100. The lowest BCUT2D eigenvalue weighted by molar-refractivity contribution is -0.135. The Hall–Kier alpha value is -2.33. The molecule has 2 amide bonds. The summed E-state index contributed by atoms with van der Waals surface area (Å²) in [6, 6.07) is 9.34. The molecule has 2 fully saturated rings. The molecule has 2 unspecified atom stereocenters. The van der Waals surface area contributed by atoms with Crippen molar-refractivity contribution in [3.8, 4) is 0 Å². The first-order chi connectivity index (χ1) is 18.9. The van der Waals surface area contributed by atoms with Crippen LogP contribution in [0, 0.1) is 0 Å². The molecule has 2 atom stereocenters. The standard InChI is InChI=1S/C30H44N6O2S/c1-23(2)33-16-14-32(15-17-33)22-30(38)34-19-25-7-4-5-10-28(25)35(24(3)37)13-11-26-8-6-9-27(20-34)36(26)21-29-31-12-18-39-29/h4-5,7,10,12,18,23,26-27H,6,8-9,11,13-17,19-22H2,1-3H3. The van der Waals surface area contributed by atoms with E-state index in [-0.39, 0.29) is 17.9 Å². The van der Waals surface area contributed by atoms with E-state index >= 15 is 0 Å². The average Bonchev–Trinajstić information content (AvgIpc) is 3.43. The zero-order chi connectivity index (χ0) is 27.4. The lowest BCUT2D eigenvalue weighted by Gasteiger charge is -2.44. The molecule has 0 radical (unpaired) electrons. The van der Waals surface area contributed by atoms with Crippen LogP contribution in [0.25, 0.3) is 0 Å². The minimum Gasteiger partial charge on any atom is -0.336 e. The second kappa shape index (κ2) is 12.9. The van der Waals surface area contributed by atoms with Gasteiger partial charge in [0.05, 0.1) is 13.1 Å². The molecule has 9 heteroatoms. The number of hydrogen-bond acceptors (Lipinski definition) is 7. The Balaban J connectivity index is 1.43. The van der Waals surface area contributed by atoms with Crippen LogP contribution in [0.15, 0.2) is 35.8 Å². The normalized spacial score (nSPS) is 23.9. The average molecular weight is 553 g/mol. The highest BCUT2D eigenvalue weighted by atomic mass is 32.1. The van der Waals surface area contributed by atoms with Gasteiger partial charge in [-0.2, -0.15) is 0 Å². The largest absolute Gasteiger partial charge is 0.336 e. The van der Waals surface area contributed by atoms with Crippen LogP contribution in [-0.4, -0.2) is 100 Å². The Morgan fingerprint density at radius 3 is 2.51 bits per heavy atom. The van der Waals surface area contributed by atoms with E-state index in [0.717, 1.165) is 74.7 Å². The maximum absolute atomic E-state index is 14.0. The third-order valence-electron chi connectivity index (χ3n) is 8.80. The number of thiazole rings is 1. The molecule has 8 nitrogen and oxygen atoms in total. The molecule has 1 aromatic carbocycles. The molecule has 0 saturated carbocycles. The quantitative estimate of drug-likeness (QED) is 0.564. The predicted octanol–water partition coefficient (Wildman–Crippen LogP) is 3.68. The molecular weight excluding hydrogens is 508 g/mol. The molecule has 0 N–H and O–H groups in total. The van der Waals surface area contributed by atoms with Crippen molar-refractivity contribution in [3.63, 3.8) is 0 Å². The van der Waals surface area contributed by atoms with Gasteiger partial charge < -0.3 is 9.80 Å². The summed E-state index contributed by atoms with van der Waals surface area (Å²) < 4.78 is 0. The number of rotatable bonds is 5. The lowest BCUT2D eigenvalue weighted by atomic mass is 9.92. The number of para-hydroxylation sites is 1. The zero-order valence-electron chi connectivity index (χ0n) is 23.8.